The Morgan fingerprint density at radius 3 is 2.70 bits per heavy atom. The Labute approximate surface area is 177 Å². The number of pyridine rings is 2. The minimum absolute atomic E-state index is 0.0314. The van der Waals surface area contributed by atoms with Crippen LogP contribution in [0.1, 0.15) is 43.6 Å². The highest BCUT2D eigenvalue weighted by molar-refractivity contribution is 5.80. The highest BCUT2D eigenvalue weighted by Gasteiger charge is 2.26. The molecule has 3 aromatic heterocycles. The Hall–Kier alpha value is -3.09. The van der Waals surface area contributed by atoms with E-state index in [0.717, 1.165) is 60.4 Å². The summed E-state index contributed by atoms with van der Waals surface area (Å²) in [6, 6.07) is 5.90. The van der Waals surface area contributed by atoms with Gasteiger partial charge in [0.1, 0.15) is 5.52 Å². The number of amides is 1. The zero-order chi connectivity index (χ0) is 20.9. The predicted octanol–water partition coefficient (Wildman–Crippen LogP) is 3.08. The van der Waals surface area contributed by atoms with Crippen LogP contribution in [-0.4, -0.2) is 38.9 Å². The van der Waals surface area contributed by atoms with Crippen LogP contribution >= 0.6 is 0 Å². The van der Waals surface area contributed by atoms with Gasteiger partial charge in [-0.25, -0.2) is 15.0 Å². The molecule has 7 nitrogen and oxygen atoms in total. The lowest BCUT2D eigenvalue weighted by atomic mass is 9.96. The van der Waals surface area contributed by atoms with Crippen molar-refractivity contribution in [1.29, 1.82) is 0 Å². The van der Waals surface area contributed by atoms with Crippen LogP contribution in [0.25, 0.3) is 11.2 Å². The highest BCUT2D eigenvalue weighted by atomic mass is 16.1. The van der Waals surface area contributed by atoms with Crippen molar-refractivity contribution in [1.82, 2.24) is 25.3 Å². The fourth-order valence-corrected chi connectivity index (χ4v) is 4.00. The molecule has 7 heteroatoms. The molecule has 0 aliphatic carbocycles. The average Bonchev–Trinajstić information content (AvgIpc) is 2.82. The number of hydrogen-bond acceptors (Lipinski definition) is 6. The number of nitrogens with one attached hydrogen (secondary N) is 1. The summed E-state index contributed by atoms with van der Waals surface area (Å²) in [7, 11) is 0. The van der Waals surface area contributed by atoms with Crippen LogP contribution in [0.15, 0.2) is 36.8 Å². The predicted molar refractivity (Wildman–Crippen MR) is 117 cm³/mol. The lowest BCUT2D eigenvalue weighted by Gasteiger charge is -2.33. The molecular weight excluding hydrogens is 376 g/mol. The van der Waals surface area contributed by atoms with Gasteiger partial charge in [-0.1, -0.05) is 13.8 Å². The van der Waals surface area contributed by atoms with Crippen molar-refractivity contribution in [3.8, 4) is 0 Å². The summed E-state index contributed by atoms with van der Waals surface area (Å²) in [5.74, 6) is 0.0712. The molecule has 1 N–H and O–H groups in total. The van der Waals surface area contributed by atoms with E-state index in [1.165, 1.54) is 0 Å². The first-order valence-electron chi connectivity index (χ1n) is 10.7. The van der Waals surface area contributed by atoms with Gasteiger partial charge >= 0.3 is 0 Å². The van der Waals surface area contributed by atoms with Crippen molar-refractivity contribution in [3.05, 3.63) is 53.7 Å². The molecule has 0 saturated carbocycles. The summed E-state index contributed by atoms with van der Waals surface area (Å²) < 4.78 is 0. The fourth-order valence-electron chi connectivity index (χ4n) is 4.00. The molecule has 4 rings (SSSR count). The molecule has 0 spiro atoms. The van der Waals surface area contributed by atoms with E-state index in [1.807, 2.05) is 18.3 Å². The number of aromatic nitrogens is 4. The summed E-state index contributed by atoms with van der Waals surface area (Å²) in [4.78, 5) is 33.0. The Morgan fingerprint density at radius 2 is 1.93 bits per heavy atom. The Balaban J connectivity index is 1.47. The number of piperidine rings is 1. The molecule has 0 aromatic carbocycles. The minimum Gasteiger partial charge on any atom is -0.369 e. The average molecular weight is 405 g/mol. The van der Waals surface area contributed by atoms with Gasteiger partial charge in [0, 0.05) is 32.0 Å². The smallest absolute Gasteiger partial charge is 0.225 e. The van der Waals surface area contributed by atoms with Gasteiger partial charge in [-0.2, -0.15) is 0 Å². The van der Waals surface area contributed by atoms with Crippen molar-refractivity contribution in [2.24, 2.45) is 5.92 Å². The van der Waals surface area contributed by atoms with Crippen molar-refractivity contribution in [3.63, 3.8) is 0 Å². The van der Waals surface area contributed by atoms with Crippen LogP contribution in [0.2, 0.25) is 0 Å². The van der Waals surface area contributed by atoms with Gasteiger partial charge in [0.15, 0.2) is 5.65 Å². The standard InChI is InChI=1S/C23H28N6O/c1-3-19-20(4-2)28-22-21(27-19)12-18(14-25-22)29-11-5-6-17(15-29)23(30)26-13-16-7-9-24-10-8-16/h7-10,12,14,17H,3-6,11,13,15H2,1-2H3,(H,26,30)/t17-/m1/s1. The van der Waals surface area contributed by atoms with Crippen LogP contribution in [0.3, 0.4) is 0 Å². The maximum atomic E-state index is 12.7. The summed E-state index contributed by atoms with van der Waals surface area (Å²) >= 11 is 0. The second kappa shape index (κ2) is 9.15. The van der Waals surface area contributed by atoms with Crippen LogP contribution in [0, 0.1) is 5.92 Å². The molecule has 1 saturated heterocycles. The van der Waals surface area contributed by atoms with Gasteiger partial charge in [-0.15, -0.1) is 0 Å². The van der Waals surface area contributed by atoms with Gasteiger partial charge < -0.3 is 10.2 Å². The molecular formula is C23H28N6O. The molecule has 1 amide bonds. The van der Waals surface area contributed by atoms with Gasteiger partial charge in [0.25, 0.3) is 0 Å². The molecule has 0 unspecified atom stereocenters. The van der Waals surface area contributed by atoms with E-state index in [2.05, 4.69) is 45.1 Å². The number of carbonyl (C=O) groups excluding carboxylic acids is 1. The van der Waals surface area contributed by atoms with Gasteiger partial charge in [-0.05, 0) is 49.4 Å². The van der Waals surface area contributed by atoms with E-state index < -0.39 is 0 Å². The van der Waals surface area contributed by atoms with Crippen LogP contribution < -0.4 is 10.2 Å². The quantitative estimate of drug-likeness (QED) is 0.680. The SMILES string of the molecule is CCc1nc2cc(N3CCC[C@@H](C(=O)NCc4ccncc4)C3)cnc2nc1CC. The van der Waals surface area contributed by atoms with Gasteiger partial charge in [0.05, 0.1) is 29.2 Å². The topological polar surface area (TPSA) is 83.9 Å². The summed E-state index contributed by atoms with van der Waals surface area (Å²) in [5.41, 5.74) is 5.64. The Morgan fingerprint density at radius 1 is 1.17 bits per heavy atom. The maximum absolute atomic E-state index is 12.7. The van der Waals surface area contributed by atoms with Crippen molar-refractivity contribution >= 4 is 22.8 Å². The number of nitrogens with zero attached hydrogens (tertiary/aromatic N) is 5. The summed E-state index contributed by atoms with van der Waals surface area (Å²) in [5, 5.41) is 3.07. The molecule has 0 radical (unpaired) electrons. The monoisotopic (exact) mass is 404 g/mol. The van der Waals surface area contributed by atoms with E-state index >= 15 is 0 Å². The first kappa shape index (κ1) is 20.2. The second-order valence-electron chi connectivity index (χ2n) is 7.72. The molecule has 1 aliphatic heterocycles. The van der Waals surface area contributed by atoms with E-state index in [4.69, 9.17) is 4.98 Å². The fraction of sp³-hybridized carbons (Fsp3) is 0.435. The van der Waals surface area contributed by atoms with Gasteiger partial charge in [0.2, 0.25) is 5.91 Å². The van der Waals surface area contributed by atoms with E-state index in [-0.39, 0.29) is 11.8 Å². The number of aryl methyl sites for hydroxylation is 2. The van der Waals surface area contributed by atoms with Crippen LogP contribution in [0.5, 0.6) is 0 Å². The molecule has 156 valence electrons. The van der Waals surface area contributed by atoms with Crippen LogP contribution in [-0.2, 0) is 24.2 Å². The molecule has 1 fully saturated rings. The highest BCUT2D eigenvalue weighted by Crippen LogP contribution is 2.25. The maximum Gasteiger partial charge on any atom is 0.225 e. The number of hydrogen-bond donors (Lipinski definition) is 1. The third-order valence-electron chi connectivity index (χ3n) is 5.71. The summed E-state index contributed by atoms with van der Waals surface area (Å²) in [6.45, 7) is 6.34. The number of carbonyl (C=O) groups is 1. The molecule has 4 heterocycles. The lowest BCUT2D eigenvalue weighted by Crippen LogP contribution is -2.43. The van der Waals surface area contributed by atoms with Crippen molar-refractivity contribution < 1.29 is 4.79 Å². The van der Waals surface area contributed by atoms with E-state index in [0.29, 0.717) is 18.7 Å². The third-order valence-corrected chi connectivity index (χ3v) is 5.71. The lowest BCUT2D eigenvalue weighted by molar-refractivity contribution is -0.125. The molecule has 1 aliphatic rings. The normalized spacial score (nSPS) is 16.6. The molecule has 30 heavy (non-hydrogen) atoms. The summed E-state index contributed by atoms with van der Waals surface area (Å²) in [6.07, 6.45) is 8.95. The zero-order valence-corrected chi connectivity index (χ0v) is 17.6. The van der Waals surface area contributed by atoms with E-state index in [1.54, 1.807) is 12.4 Å². The number of rotatable bonds is 6. The second-order valence-corrected chi connectivity index (χ2v) is 7.72. The Bertz CT molecular complexity index is 1020. The molecule has 1 atom stereocenters. The number of fused-ring (bicyclic) bond motifs is 1. The first-order chi connectivity index (χ1) is 14.7. The largest absolute Gasteiger partial charge is 0.369 e. The van der Waals surface area contributed by atoms with Crippen LogP contribution in [0.4, 0.5) is 5.69 Å². The third kappa shape index (κ3) is 4.40. The van der Waals surface area contributed by atoms with Crippen molar-refractivity contribution in [2.45, 2.75) is 46.1 Å². The zero-order valence-electron chi connectivity index (χ0n) is 17.6. The molecule has 3 aromatic rings. The minimum atomic E-state index is -0.0314. The molecule has 0 bridgehead atoms. The Kier molecular flexibility index (Phi) is 6.16. The van der Waals surface area contributed by atoms with E-state index in [9.17, 15) is 4.79 Å². The van der Waals surface area contributed by atoms with Crippen molar-refractivity contribution in [2.75, 3.05) is 18.0 Å². The number of anilines is 1. The van der Waals surface area contributed by atoms with Gasteiger partial charge in [-0.3, -0.25) is 9.78 Å². The first-order valence-corrected chi connectivity index (χ1v) is 10.7.